The zero-order valence-corrected chi connectivity index (χ0v) is 17.7. The lowest BCUT2D eigenvalue weighted by Gasteiger charge is -2.55. The van der Waals surface area contributed by atoms with Gasteiger partial charge in [0.25, 0.3) is 5.91 Å². The maximum atomic E-state index is 12.2. The largest absolute Gasteiger partial charge is 0.490 e. The van der Waals surface area contributed by atoms with Gasteiger partial charge in [-0.15, -0.1) is 0 Å². The number of aromatic nitrogens is 1. The summed E-state index contributed by atoms with van der Waals surface area (Å²) in [5.74, 6) is -2.30. The van der Waals surface area contributed by atoms with E-state index in [1.165, 1.54) is 25.7 Å². The Kier molecular flexibility index (Phi) is 7.31. The molecule has 1 amide bonds. The molecule has 3 aliphatic rings. The van der Waals surface area contributed by atoms with Crippen LogP contribution in [0.1, 0.15) is 49.0 Å². The van der Waals surface area contributed by atoms with Crippen LogP contribution in [-0.4, -0.2) is 70.5 Å². The van der Waals surface area contributed by atoms with Crippen molar-refractivity contribution in [3.8, 4) is 0 Å². The van der Waals surface area contributed by atoms with Crippen molar-refractivity contribution >= 4 is 11.9 Å². The van der Waals surface area contributed by atoms with Gasteiger partial charge in [-0.3, -0.25) is 9.69 Å². The third-order valence-corrected chi connectivity index (χ3v) is 6.43. The number of amides is 1. The molecule has 0 radical (unpaired) electrons. The molecule has 1 aromatic rings. The van der Waals surface area contributed by atoms with Crippen molar-refractivity contribution in [1.82, 2.24) is 14.8 Å². The van der Waals surface area contributed by atoms with Crippen molar-refractivity contribution in [2.24, 2.45) is 13.0 Å². The van der Waals surface area contributed by atoms with Gasteiger partial charge in [0, 0.05) is 38.9 Å². The van der Waals surface area contributed by atoms with E-state index in [0.29, 0.717) is 12.5 Å². The highest BCUT2D eigenvalue weighted by Crippen LogP contribution is 2.39. The second-order valence-corrected chi connectivity index (χ2v) is 8.76. The van der Waals surface area contributed by atoms with E-state index in [4.69, 9.17) is 14.6 Å². The number of carbonyl (C=O) groups excluding carboxylic acids is 1. The lowest BCUT2D eigenvalue weighted by molar-refractivity contribution is -0.192. The van der Waals surface area contributed by atoms with Gasteiger partial charge < -0.3 is 19.7 Å². The molecule has 1 atom stereocenters. The molecule has 4 rings (SSSR count). The number of carbonyl (C=O) groups is 2. The predicted molar refractivity (Wildman–Crippen MR) is 107 cm³/mol. The zero-order valence-electron chi connectivity index (χ0n) is 17.7. The molecule has 1 spiro atoms. The number of hydrogen-bond donors (Lipinski definition) is 2. The van der Waals surface area contributed by atoms with Crippen LogP contribution in [0.3, 0.4) is 0 Å². The van der Waals surface area contributed by atoms with Gasteiger partial charge in [0.15, 0.2) is 0 Å². The van der Waals surface area contributed by atoms with Gasteiger partial charge in [-0.1, -0.05) is 12.8 Å². The fourth-order valence-corrected chi connectivity index (χ4v) is 4.57. The molecule has 1 aliphatic carbocycles. The number of carboxylic acid groups (broad SMARTS) is 1. The molecule has 3 heterocycles. The van der Waals surface area contributed by atoms with Gasteiger partial charge in [-0.05, 0) is 43.7 Å². The van der Waals surface area contributed by atoms with Crippen LogP contribution in [0.2, 0.25) is 0 Å². The van der Waals surface area contributed by atoms with Gasteiger partial charge in [-0.25, -0.2) is 4.79 Å². The maximum absolute atomic E-state index is 12.2. The highest BCUT2D eigenvalue weighted by atomic mass is 19.4. The molecule has 10 heteroatoms. The second-order valence-electron chi connectivity index (χ2n) is 8.76. The maximum Gasteiger partial charge on any atom is 0.490 e. The number of aryl methyl sites for hydroxylation is 1. The number of halogens is 3. The first-order valence-corrected chi connectivity index (χ1v) is 10.7. The summed E-state index contributed by atoms with van der Waals surface area (Å²) in [6, 6.07) is 4.57. The number of carboxylic acids is 1. The average Bonchev–Trinajstić information content (AvgIpc) is 3.36. The molecule has 1 unspecified atom stereocenters. The monoisotopic (exact) mass is 445 g/mol. The van der Waals surface area contributed by atoms with E-state index in [2.05, 4.69) is 10.2 Å². The summed E-state index contributed by atoms with van der Waals surface area (Å²) in [6.45, 7) is 3.75. The topological polar surface area (TPSA) is 83.8 Å². The summed E-state index contributed by atoms with van der Waals surface area (Å²) in [4.78, 5) is 23.7. The molecule has 1 saturated carbocycles. The highest BCUT2D eigenvalue weighted by molar-refractivity contribution is 5.92. The Labute approximate surface area is 179 Å². The van der Waals surface area contributed by atoms with Crippen molar-refractivity contribution in [2.75, 3.05) is 26.2 Å². The van der Waals surface area contributed by atoms with Crippen LogP contribution in [0.4, 0.5) is 13.2 Å². The predicted octanol–water partition coefficient (Wildman–Crippen LogP) is 2.81. The molecule has 31 heavy (non-hydrogen) atoms. The first kappa shape index (κ1) is 23.6. The Hall–Kier alpha value is -2.07. The van der Waals surface area contributed by atoms with Gasteiger partial charge in [-0.2, -0.15) is 13.2 Å². The van der Waals surface area contributed by atoms with E-state index >= 15 is 0 Å². The molecule has 3 fully saturated rings. The van der Waals surface area contributed by atoms with Crippen LogP contribution in [-0.2, 0) is 16.6 Å². The minimum Gasteiger partial charge on any atom is -0.475 e. The van der Waals surface area contributed by atoms with E-state index in [1.54, 1.807) is 0 Å². The van der Waals surface area contributed by atoms with Gasteiger partial charge >= 0.3 is 12.1 Å². The Bertz CT molecular complexity index is 758. The minimum atomic E-state index is -5.08. The Morgan fingerprint density at radius 1 is 1.26 bits per heavy atom. The Morgan fingerprint density at radius 2 is 1.90 bits per heavy atom. The second kappa shape index (κ2) is 9.60. The number of ether oxygens (including phenoxy) is 1. The van der Waals surface area contributed by atoms with Crippen LogP contribution in [0, 0.1) is 5.92 Å². The van der Waals surface area contributed by atoms with E-state index in [9.17, 15) is 18.0 Å². The molecule has 7 nitrogen and oxygen atoms in total. The number of aliphatic carboxylic acids is 1. The summed E-state index contributed by atoms with van der Waals surface area (Å²) in [7, 11) is 1.90. The van der Waals surface area contributed by atoms with Gasteiger partial charge in [0.2, 0.25) is 0 Å². The number of nitrogens with zero attached hydrogens (tertiary/aromatic N) is 2. The molecule has 1 aromatic heterocycles. The molecule has 2 N–H and O–H groups in total. The summed E-state index contributed by atoms with van der Waals surface area (Å²) < 4.78 is 39.8. The number of alkyl halides is 3. The van der Waals surface area contributed by atoms with Crippen LogP contribution < -0.4 is 5.32 Å². The van der Waals surface area contributed by atoms with Gasteiger partial charge in [0.1, 0.15) is 5.69 Å². The Balaban J connectivity index is 0.000000339. The highest BCUT2D eigenvalue weighted by Gasteiger charge is 2.48. The van der Waals surface area contributed by atoms with E-state index in [1.807, 2.05) is 29.9 Å². The molecule has 2 saturated heterocycles. The third-order valence-electron chi connectivity index (χ3n) is 6.43. The van der Waals surface area contributed by atoms with Crippen LogP contribution in [0.15, 0.2) is 18.3 Å². The molecule has 0 bridgehead atoms. The van der Waals surface area contributed by atoms with Gasteiger partial charge in [0.05, 0.1) is 12.2 Å². The Morgan fingerprint density at radius 3 is 2.39 bits per heavy atom. The third kappa shape index (κ3) is 6.00. The standard InChI is InChI=1S/C19H29N3O2.C2HF3O2/c1-21-10-4-7-17(21)18(23)20-11-15-8-9-19(24-12-15)13-22(14-19)16-5-2-3-6-16;3-2(4,5)1(6)7/h4,7,10,15-16H,2-3,5-6,8-9,11-14H2,1H3,(H,20,23);(H,6,7). The minimum absolute atomic E-state index is 0.0128. The first-order valence-electron chi connectivity index (χ1n) is 10.7. The van der Waals surface area contributed by atoms with E-state index in [0.717, 1.165) is 44.3 Å². The van der Waals surface area contributed by atoms with Crippen molar-refractivity contribution in [3.63, 3.8) is 0 Å². The molecule has 0 aromatic carbocycles. The normalized spacial score (nSPS) is 23.7. The summed E-state index contributed by atoms with van der Waals surface area (Å²) in [5, 5.41) is 10.2. The van der Waals surface area contributed by atoms with E-state index in [-0.39, 0.29) is 11.5 Å². The molecule has 174 valence electrons. The lowest BCUT2D eigenvalue weighted by atomic mass is 9.82. The molecular formula is C21H30F3N3O4. The summed E-state index contributed by atoms with van der Waals surface area (Å²) in [5.41, 5.74) is 0.843. The van der Waals surface area contributed by atoms with Crippen molar-refractivity contribution in [1.29, 1.82) is 0 Å². The number of hydrogen-bond acceptors (Lipinski definition) is 4. The molecule has 2 aliphatic heterocycles. The smallest absolute Gasteiger partial charge is 0.475 e. The van der Waals surface area contributed by atoms with Crippen molar-refractivity contribution in [2.45, 2.75) is 56.3 Å². The number of rotatable bonds is 4. The average molecular weight is 445 g/mol. The first-order chi connectivity index (χ1) is 14.6. The van der Waals surface area contributed by atoms with Crippen LogP contribution in [0.25, 0.3) is 0 Å². The summed E-state index contributed by atoms with van der Waals surface area (Å²) in [6.07, 6.45) is 4.67. The SMILES string of the molecule is Cn1cccc1C(=O)NCC1CCC2(CN(C3CCCC3)C2)OC1.O=C(O)C(F)(F)F. The lowest BCUT2D eigenvalue weighted by Crippen LogP contribution is -2.67. The quantitative estimate of drug-likeness (QED) is 0.745. The number of likely N-dealkylation sites (tertiary alicyclic amines) is 1. The van der Waals surface area contributed by atoms with Crippen LogP contribution in [0.5, 0.6) is 0 Å². The molecular weight excluding hydrogens is 415 g/mol. The fourth-order valence-electron chi connectivity index (χ4n) is 4.57. The van der Waals surface area contributed by atoms with Crippen molar-refractivity contribution in [3.05, 3.63) is 24.0 Å². The summed E-state index contributed by atoms with van der Waals surface area (Å²) >= 11 is 0. The van der Waals surface area contributed by atoms with E-state index < -0.39 is 12.1 Å². The van der Waals surface area contributed by atoms with Crippen molar-refractivity contribution < 1.29 is 32.6 Å². The fraction of sp³-hybridized carbons (Fsp3) is 0.714. The zero-order chi connectivity index (χ0) is 22.6. The van der Waals surface area contributed by atoms with Crippen LogP contribution >= 0.6 is 0 Å². The number of nitrogens with one attached hydrogen (secondary N) is 1.